The van der Waals surface area contributed by atoms with Crippen LogP contribution >= 0.6 is 0 Å². The van der Waals surface area contributed by atoms with Crippen LogP contribution in [0.3, 0.4) is 0 Å². The Bertz CT molecular complexity index is 839. The minimum absolute atomic E-state index is 0.0363. The Labute approximate surface area is 165 Å². The smallest absolute Gasteiger partial charge is 0.238 e. The van der Waals surface area contributed by atoms with Crippen LogP contribution in [-0.2, 0) is 4.79 Å². The molecule has 2 aliphatic rings. The van der Waals surface area contributed by atoms with Crippen LogP contribution in [0.15, 0.2) is 42.5 Å². The molecule has 28 heavy (non-hydrogen) atoms. The third kappa shape index (κ3) is 4.07. The molecule has 1 saturated heterocycles. The molecule has 6 nitrogen and oxygen atoms in total. The van der Waals surface area contributed by atoms with Crippen molar-refractivity contribution in [1.82, 2.24) is 4.90 Å². The first-order valence-electron chi connectivity index (χ1n) is 9.81. The average molecular weight is 382 g/mol. The van der Waals surface area contributed by atoms with Crippen LogP contribution in [0.25, 0.3) is 0 Å². The molecule has 2 aliphatic heterocycles. The molecule has 0 aromatic heterocycles. The molecular weight excluding hydrogens is 356 g/mol. The van der Waals surface area contributed by atoms with Crippen molar-refractivity contribution in [1.29, 1.82) is 0 Å². The van der Waals surface area contributed by atoms with Crippen LogP contribution in [-0.4, -0.2) is 44.2 Å². The number of nitrogens with zero attached hydrogens (tertiary/aromatic N) is 1. The van der Waals surface area contributed by atoms with Gasteiger partial charge in [-0.15, -0.1) is 0 Å². The highest BCUT2D eigenvalue weighted by atomic mass is 16.5. The summed E-state index contributed by atoms with van der Waals surface area (Å²) in [6, 6.07) is 13.8. The van der Waals surface area contributed by atoms with Gasteiger partial charge in [0.2, 0.25) is 5.91 Å². The number of benzene rings is 2. The molecule has 2 aromatic rings. The van der Waals surface area contributed by atoms with Crippen molar-refractivity contribution in [3.8, 4) is 17.2 Å². The van der Waals surface area contributed by atoms with Gasteiger partial charge >= 0.3 is 0 Å². The molecule has 0 spiro atoms. The molecule has 0 bridgehead atoms. The molecule has 0 radical (unpaired) electrons. The number of para-hydroxylation sites is 2. The van der Waals surface area contributed by atoms with Crippen molar-refractivity contribution in [2.75, 3.05) is 38.7 Å². The summed E-state index contributed by atoms with van der Waals surface area (Å²) in [6.07, 6.45) is 2.99. The van der Waals surface area contributed by atoms with Crippen LogP contribution < -0.4 is 19.5 Å². The van der Waals surface area contributed by atoms with Gasteiger partial charge in [0.1, 0.15) is 5.75 Å². The Hall–Kier alpha value is -2.73. The summed E-state index contributed by atoms with van der Waals surface area (Å²) in [5, 5.41) is 2.97. The molecule has 1 amide bonds. The Morgan fingerprint density at radius 3 is 2.82 bits per heavy atom. The quantitative estimate of drug-likeness (QED) is 0.856. The lowest BCUT2D eigenvalue weighted by Crippen LogP contribution is -2.33. The van der Waals surface area contributed by atoms with Crippen molar-refractivity contribution < 1.29 is 19.0 Å². The lowest BCUT2D eigenvalue weighted by molar-refractivity contribution is -0.117. The number of carbonyl (C=O) groups excluding carboxylic acids is 1. The van der Waals surface area contributed by atoms with Crippen molar-refractivity contribution in [3.05, 3.63) is 48.0 Å². The van der Waals surface area contributed by atoms with E-state index in [1.807, 2.05) is 30.3 Å². The number of likely N-dealkylation sites (tertiary alicyclic amines) is 1. The first kappa shape index (κ1) is 18.6. The SMILES string of the molecule is COc1ccccc1NC(=O)CN1CCC[C@@H]1c1ccc2c(c1)OCCCO2. The molecule has 2 heterocycles. The van der Waals surface area contributed by atoms with E-state index >= 15 is 0 Å². The molecule has 1 fully saturated rings. The van der Waals surface area contributed by atoms with E-state index in [1.54, 1.807) is 7.11 Å². The molecule has 0 saturated carbocycles. The highest BCUT2D eigenvalue weighted by Gasteiger charge is 2.28. The first-order chi connectivity index (χ1) is 13.7. The number of fused-ring (bicyclic) bond motifs is 1. The van der Waals surface area contributed by atoms with Gasteiger partial charge in [-0.25, -0.2) is 0 Å². The van der Waals surface area contributed by atoms with Crippen molar-refractivity contribution >= 4 is 11.6 Å². The van der Waals surface area contributed by atoms with Gasteiger partial charge in [0, 0.05) is 12.5 Å². The largest absolute Gasteiger partial charge is 0.495 e. The number of carbonyl (C=O) groups is 1. The fourth-order valence-electron chi connectivity index (χ4n) is 3.90. The molecule has 1 atom stereocenters. The van der Waals surface area contributed by atoms with Crippen LogP contribution in [0.2, 0.25) is 0 Å². The average Bonchev–Trinajstić information content (AvgIpc) is 3.03. The third-order valence-electron chi connectivity index (χ3n) is 5.25. The molecule has 2 aromatic carbocycles. The predicted octanol–water partition coefficient (Wildman–Crippen LogP) is 3.63. The third-order valence-corrected chi connectivity index (χ3v) is 5.25. The van der Waals surface area contributed by atoms with E-state index in [4.69, 9.17) is 14.2 Å². The molecule has 1 N–H and O–H groups in total. The van der Waals surface area contributed by atoms with E-state index in [-0.39, 0.29) is 11.9 Å². The Morgan fingerprint density at radius 2 is 1.96 bits per heavy atom. The number of ether oxygens (including phenoxy) is 3. The summed E-state index contributed by atoms with van der Waals surface area (Å²) in [5.74, 6) is 2.24. The fraction of sp³-hybridized carbons (Fsp3) is 0.409. The van der Waals surface area contributed by atoms with E-state index in [2.05, 4.69) is 22.3 Å². The highest BCUT2D eigenvalue weighted by molar-refractivity contribution is 5.93. The van der Waals surface area contributed by atoms with Gasteiger partial charge in [0.15, 0.2) is 11.5 Å². The van der Waals surface area contributed by atoms with Crippen LogP contribution in [0, 0.1) is 0 Å². The van der Waals surface area contributed by atoms with E-state index in [9.17, 15) is 4.79 Å². The number of hydrogen-bond acceptors (Lipinski definition) is 5. The van der Waals surface area contributed by atoms with Crippen LogP contribution in [0.4, 0.5) is 5.69 Å². The van der Waals surface area contributed by atoms with Gasteiger partial charge < -0.3 is 19.5 Å². The van der Waals surface area contributed by atoms with E-state index in [0.29, 0.717) is 31.2 Å². The lowest BCUT2D eigenvalue weighted by atomic mass is 10.0. The maximum atomic E-state index is 12.6. The number of rotatable bonds is 5. The van der Waals surface area contributed by atoms with Crippen molar-refractivity contribution in [3.63, 3.8) is 0 Å². The summed E-state index contributed by atoms with van der Waals surface area (Å²) < 4.78 is 16.9. The zero-order valence-electron chi connectivity index (χ0n) is 16.1. The maximum Gasteiger partial charge on any atom is 0.238 e. The van der Waals surface area contributed by atoms with E-state index in [1.165, 1.54) is 5.56 Å². The van der Waals surface area contributed by atoms with Gasteiger partial charge in [-0.2, -0.15) is 0 Å². The zero-order chi connectivity index (χ0) is 19.3. The number of hydrogen-bond donors (Lipinski definition) is 1. The molecule has 0 unspecified atom stereocenters. The van der Waals surface area contributed by atoms with Crippen LogP contribution in [0.5, 0.6) is 17.2 Å². The number of amides is 1. The molecular formula is C22H26N2O4. The number of anilines is 1. The molecule has 6 heteroatoms. The Kier molecular flexibility index (Phi) is 5.67. The summed E-state index contributed by atoms with van der Waals surface area (Å²) in [7, 11) is 1.60. The highest BCUT2D eigenvalue weighted by Crippen LogP contribution is 2.37. The standard InChI is InChI=1S/C22H26N2O4/c1-26-19-8-3-2-6-17(19)23-22(25)15-24-11-4-7-18(24)16-9-10-20-21(14-16)28-13-5-12-27-20/h2-3,6,8-10,14,18H,4-5,7,11-13,15H2,1H3,(H,23,25)/t18-/m1/s1. The second kappa shape index (κ2) is 8.52. The summed E-state index contributed by atoms with van der Waals surface area (Å²) in [6.45, 7) is 2.60. The first-order valence-corrected chi connectivity index (χ1v) is 9.81. The van der Waals surface area contributed by atoms with Gasteiger partial charge in [-0.3, -0.25) is 9.69 Å². The second-order valence-electron chi connectivity index (χ2n) is 7.13. The fourth-order valence-corrected chi connectivity index (χ4v) is 3.90. The number of methoxy groups -OCH3 is 1. The van der Waals surface area contributed by atoms with Gasteiger partial charge in [0.25, 0.3) is 0 Å². The number of nitrogens with one attached hydrogen (secondary N) is 1. The van der Waals surface area contributed by atoms with Crippen LogP contribution in [0.1, 0.15) is 30.9 Å². The summed E-state index contributed by atoms with van der Waals surface area (Å²) in [5.41, 5.74) is 1.87. The van der Waals surface area contributed by atoms with Crippen molar-refractivity contribution in [2.24, 2.45) is 0 Å². The minimum Gasteiger partial charge on any atom is -0.495 e. The topological polar surface area (TPSA) is 60.0 Å². The van der Waals surface area contributed by atoms with E-state index < -0.39 is 0 Å². The Balaban J connectivity index is 1.45. The summed E-state index contributed by atoms with van der Waals surface area (Å²) >= 11 is 0. The minimum atomic E-state index is -0.0363. The van der Waals surface area contributed by atoms with Gasteiger partial charge in [-0.1, -0.05) is 18.2 Å². The second-order valence-corrected chi connectivity index (χ2v) is 7.13. The monoisotopic (exact) mass is 382 g/mol. The van der Waals surface area contributed by atoms with Crippen molar-refractivity contribution in [2.45, 2.75) is 25.3 Å². The molecule has 0 aliphatic carbocycles. The Morgan fingerprint density at radius 1 is 1.14 bits per heavy atom. The van der Waals surface area contributed by atoms with Gasteiger partial charge in [0.05, 0.1) is 32.6 Å². The zero-order valence-corrected chi connectivity index (χ0v) is 16.1. The normalized spacial score (nSPS) is 19.1. The van der Waals surface area contributed by atoms with Gasteiger partial charge in [-0.05, 0) is 49.2 Å². The predicted molar refractivity (Wildman–Crippen MR) is 107 cm³/mol. The maximum absolute atomic E-state index is 12.6. The molecule has 4 rings (SSSR count). The van der Waals surface area contributed by atoms with E-state index in [0.717, 1.165) is 37.3 Å². The molecule has 148 valence electrons. The summed E-state index contributed by atoms with van der Waals surface area (Å²) in [4.78, 5) is 14.9. The lowest BCUT2D eigenvalue weighted by Gasteiger charge is -2.25.